The molecule has 5 nitrogen and oxygen atoms in total. The number of benzene rings is 3. The van der Waals surface area contributed by atoms with Crippen LogP contribution in [-0.4, -0.2) is 16.8 Å². The van der Waals surface area contributed by atoms with Crippen molar-refractivity contribution in [3.05, 3.63) is 105 Å². The largest absolute Gasteiger partial charge is 0.489 e. The van der Waals surface area contributed by atoms with E-state index in [2.05, 4.69) is 40.3 Å². The van der Waals surface area contributed by atoms with E-state index in [1.165, 1.54) is 10.5 Å². The van der Waals surface area contributed by atoms with Crippen LogP contribution in [0.5, 0.6) is 5.75 Å². The maximum Gasteiger partial charge on any atom is 0.329 e. The molecular formula is C25H21BrN2O3. The van der Waals surface area contributed by atoms with Crippen LogP contribution in [0.2, 0.25) is 0 Å². The number of imide groups is 1. The molecule has 0 radical (unpaired) electrons. The van der Waals surface area contributed by atoms with Crippen molar-refractivity contribution in [3.63, 3.8) is 0 Å². The third-order valence-corrected chi connectivity index (χ3v) is 5.46. The van der Waals surface area contributed by atoms with E-state index >= 15 is 0 Å². The molecule has 0 aromatic heterocycles. The minimum absolute atomic E-state index is 0.223. The van der Waals surface area contributed by atoms with Crippen LogP contribution in [0.25, 0.3) is 6.08 Å². The van der Waals surface area contributed by atoms with Crippen molar-refractivity contribution < 1.29 is 14.3 Å². The molecule has 0 aliphatic carbocycles. The summed E-state index contributed by atoms with van der Waals surface area (Å²) in [6.07, 6.45) is 1.67. The van der Waals surface area contributed by atoms with Gasteiger partial charge in [0.1, 0.15) is 18.1 Å². The number of halogens is 1. The molecule has 156 valence electrons. The number of ether oxygens (including phenoxy) is 1. The summed E-state index contributed by atoms with van der Waals surface area (Å²) in [5.41, 5.74) is 4.25. The monoisotopic (exact) mass is 476 g/mol. The van der Waals surface area contributed by atoms with Crippen LogP contribution < -0.4 is 10.1 Å². The van der Waals surface area contributed by atoms with E-state index in [9.17, 15) is 9.59 Å². The smallest absolute Gasteiger partial charge is 0.329 e. The lowest BCUT2D eigenvalue weighted by molar-refractivity contribution is -0.123. The molecule has 6 heteroatoms. The van der Waals surface area contributed by atoms with E-state index in [4.69, 9.17) is 4.74 Å². The normalized spacial score (nSPS) is 14.8. The van der Waals surface area contributed by atoms with E-state index in [0.29, 0.717) is 6.61 Å². The van der Waals surface area contributed by atoms with Gasteiger partial charge in [0.2, 0.25) is 0 Å². The quantitative estimate of drug-likeness (QED) is 0.381. The first-order chi connectivity index (χ1) is 15.0. The minimum Gasteiger partial charge on any atom is -0.489 e. The molecule has 1 saturated heterocycles. The molecule has 31 heavy (non-hydrogen) atoms. The van der Waals surface area contributed by atoms with Crippen LogP contribution in [0.4, 0.5) is 4.79 Å². The lowest BCUT2D eigenvalue weighted by Gasteiger charge is -2.11. The Morgan fingerprint density at radius 3 is 2.23 bits per heavy atom. The Balaban J connectivity index is 1.39. The highest BCUT2D eigenvalue weighted by Gasteiger charge is 2.33. The molecule has 1 fully saturated rings. The van der Waals surface area contributed by atoms with Gasteiger partial charge in [-0.2, -0.15) is 0 Å². The molecule has 1 aliphatic rings. The summed E-state index contributed by atoms with van der Waals surface area (Å²) in [7, 11) is 0. The minimum atomic E-state index is -0.419. The Morgan fingerprint density at radius 2 is 1.55 bits per heavy atom. The zero-order chi connectivity index (χ0) is 21.8. The summed E-state index contributed by atoms with van der Waals surface area (Å²) in [5, 5.41) is 2.66. The van der Waals surface area contributed by atoms with Crippen LogP contribution in [0.1, 0.15) is 22.3 Å². The maximum absolute atomic E-state index is 12.7. The first kappa shape index (κ1) is 20.9. The molecule has 3 amide bonds. The molecule has 0 saturated carbocycles. The molecule has 1 heterocycles. The molecule has 0 bridgehead atoms. The lowest BCUT2D eigenvalue weighted by atomic mass is 10.1. The van der Waals surface area contributed by atoms with E-state index in [0.717, 1.165) is 26.9 Å². The highest BCUT2D eigenvalue weighted by atomic mass is 79.9. The first-order valence-electron chi connectivity index (χ1n) is 9.85. The summed E-state index contributed by atoms with van der Waals surface area (Å²) in [5.74, 6) is 0.397. The summed E-state index contributed by atoms with van der Waals surface area (Å²) in [6.45, 7) is 2.76. The Bertz CT molecular complexity index is 1120. The number of rotatable bonds is 6. The van der Waals surface area contributed by atoms with E-state index in [1.54, 1.807) is 6.08 Å². The second-order valence-electron chi connectivity index (χ2n) is 7.35. The molecule has 0 unspecified atom stereocenters. The number of carbonyl (C=O) groups excluding carboxylic acids is 2. The molecular weight excluding hydrogens is 456 g/mol. The maximum atomic E-state index is 12.7. The zero-order valence-corrected chi connectivity index (χ0v) is 18.6. The number of nitrogens with zero attached hydrogens (tertiary/aromatic N) is 1. The lowest BCUT2D eigenvalue weighted by Crippen LogP contribution is -2.30. The van der Waals surface area contributed by atoms with Crippen molar-refractivity contribution in [1.29, 1.82) is 0 Å². The van der Waals surface area contributed by atoms with Gasteiger partial charge in [0.05, 0.1) is 6.54 Å². The fraction of sp³-hybridized carbons (Fsp3) is 0.120. The van der Waals surface area contributed by atoms with Crippen LogP contribution >= 0.6 is 15.9 Å². The van der Waals surface area contributed by atoms with Crippen molar-refractivity contribution in [2.75, 3.05) is 0 Å². The van der Waals surface area contributed by atoms with Gasteiger partial charge in [0.15, 0.2) is 0 Å². The zero-order valence-electron chi connectivity index (χ0n) is 17.0. The number of aryl methyl sites for hydroxylation is 1. The number of urea groups is 1. The van der Waals surface area contributed by atoms with Gasteiger partial charge in [-0.1, -0.05) is 70.0 Å². The Kier molecular flexibility index (Phi) is 6.18. The van der Waals surface area contributed by atoms with Crippen molar-refractivity contribution in [2.45, 2.75) is 20.1 Å². The van der Waals surface area contributed by atoms with Crippen LogP contribution in [0.15, 0.2) is 83.0 Å². The number of nitrogens with one attached hydrogen (secondary N) is 1. The molecule has 3 aromatic rings. The van der Waals surface area contributed by atoms with Crippen LogP contribution in [0, 0.1) is 6.92 Å². The molecule has 1 aliphatic heterocycles. The van der Waals surface area contributed by atoms with E-state index in [1.807, 2.05) is 60.7 Å². The predicted octanol–water partition coefficient (Wildman–Crippen LogP) is 5.43. The Hall–Kier alpha value is -3.38. The van der Waals surface area contributed by atoms with Gasteiger partial charge < -0.3 is 10.1 Å². The van der Waals surface area contributed by atoms with Crippen molar-refractivity contribution in [1.82, 2.24) is 10.2 Å². The van der Waals surface area contributed by atoms with Crippen LogP contribution in [-0.2, 0) is 17.9 Å². The molecule has 1 N–H and O–H groups in total. The summed E-state index contributed by atoms with van der Waals surface area (Å²) in [4.78, 5) is 26.2. The average molecular weight is 477 g/mol. The summed E-state index contributed by atoms with van der Waals surface area (Å²) in [6, 6.07) is 22.7. The van der Waals surface area contributed by atoms with Gasteiger partial charge >= 0.3 is 6.03 Å². The molecule has 0 atom stereocenters. The Labute approximate surface area is 189 Å². The van der Waals surface area contributed by atoms with Crippen molar-refractivity contribution >= 4 is 33.9 Å². The third-order valence-electron chi connectivity index (χ3n) is 4.93. The number of hydrogen-bond donors (Lipinski definition) is 1. The summed E-state index contributed by atoms with van der Waals surface area (Å²) < 4.78 is 6.76. The van der Waals surface area contributed by atoms with Gasteiger partial charge in [-0.05, 0) is 54.0 Å². The van der Waals surface area contributed by atoms with E-state index < -0.39 is 6.03 Å². The Morgan fingerprint density at radius 1 is 0.903 bits per heavy atom. The predicted molar refractivity (Wildman–Crippen MR) is 123 cm³/mol. The highest BCUT2D eigenvalue weighted by molar-refractivity contribution is 9.10. The SMILES string of the molecule is Cc1ccc(COc2ccc(/C=C3/NC(=O)N(Cc4ccc(Br)cc4)C3=O)cc2)cc1. The summed E-state index contributed by atoms with van der Waals surface area (Å²) >= 11 is 3.38. The van der Waals surface area contributed by atoms with Gasteiger partial charge in [0.25, 0.3) is 5.91 Å². The van der Waals surface area contributed by atoms with Gasteiger partial charge in [0, 0.05) is 4.47 Å². The van der Waals surface area contributed by atoms with E-state index in [-0.39, 0.29) is 18.1 Å². The van der Waals surface area contributed by atoms with Gasteiger partial charge in [-0.25, -0.2) is 4.79 Å². The molecule has 3 aromatic carbocycles. The fourth-order valence-corrected chi connectivity index (χ4v) is 3.43. The first-order valence-corrected chi connectivity index (χ1v) is 10.6. The molecule has 0 spiro atoms. The van der Waals surface area contributed by atoms with Crippen molar-refractivity contribution in [2.24, 2.45) is 0 Å². The second-order valence-corrected chi connectivity index (χ2v) is 8.26. The highest BCUT2D eigenvalue weighted by Crippen LogP contribution is 2.20. The fourth-order valence-electron chi connectivity index (χ4n) is 3.17. The van der Waals surface area contributed by atoms with Crippen LogP contribution in [0.3, 0.4) is 0 Å². The van der Waals surface area contributed by atoms with Crippen molar-refractivity contribution in [3.8, 4) is 5.75 Å². The topological polar surface area (TPSA) is 58.6 Å². The third kappa shape index (κ3) is 5.22. The second kappa shape index (κ2) is 9.18. The number of carbonyl (C=O) groups is 2. The van der Waals surface area contributed by atoms with Gasteiger partial charge in [-0.3, -0.25) is 9.69 Å². The van der Waals surface area contributed by atoms with Gasteiger partial charge in [-0.15, -0.1) is 0 Å². The average Bonchev–Trinajstić information content (AvgIpc) is 3.03. The number of amides is 3. The standard InChI is InChI=1S/C25H21BrN2O3/c1-17-2-4-20(5-3-17)16-31-22-12-8-18(9-13-22)14-23-24(29)28(25(30)27-23)15-19-6-10-21(26)11-7-19/h2-14H,15-16H2,1H3,(H,27,30)/b23-14+. The molecule has 4 rings (SSSR count). The number of hydrogen-bond acceptors (Lipinski definition) is 3.